The Balaban J connectivity index is 0.990. The smallest absolute Gasteiger partial charge is 0.240 e. The Labute approximate surface area is 224 Å². The molecule has 0 fully saturated rings. The minimum atomic E-state index is -3.55. The molecule has 0 aromatic heterocycles. The van der Waals surface area contributed by atoms with E-state index in [1.54, 1.807) is 12.1 Å². The van der Waals surface area contributed by atoms with E-state index in [4.69, 9.17) is 9.47 Å². The first-order valence-electron chi connectivity index (χ1n) is 13.5. The standard InChI is InChI=1S/C28H37N3O6S/c32-27(29-19-21-10-14-25-26(17-21)37-20-36-25)9-7-5-3-1-2-4-6-8-16-30-38(34,35)23-12-13-24-22(18-23)11-15-28(33)31-24/h10,12-14,17-18,30H,1-9,11,15-16,19-20H2,(H,29,32)(H,31,33). The van der Waals surface area contributed by atoms with Crippen LogP contribution < -0.4 is 24.8 Å². The second-order valence-electron chi connectivity index (χ2n) is 9.81. The van der Waals surface area contributed by atoms with Crippen LogP contribution in [-0.2, 0) is 32.6 Å². The number of hydrogen-bond donors (Lipinski definition) is 3. The average Bonchev–Trinajstić information content (AvgIpc) is 3.38. The molecule has 3 N–H and O–H groups in total. The van der Waals surface area contributed by atoms with Crippen molar-refractivity contribution in [3.05, 3.63) is 47.5 Å². The fraction of sp³-hybridized carbons (Fsp3) is 0.500. The lowest BCUT2D eigenvalue weighted by Gasteiger charge is -2.17. The average molecular weight is 544 g/mol. The van der Waals surface area contributed by atoms with Gasteiger partial charge in [-0.25, -0.2) is 13.1 Å². The van der Waals surface area contributed by atoms with Crippen LogP contribution in [0, 0.1) is 0 Å². The van der Waals surface area contributed by atoms with Gasteiger partial charge >= 0.3 is 0 Å². The highest BCUT2D eigenvalue weighted by Crippen LogP contribution is 2.32. The van der Waals surface area contributed by atoms with Crippen molar-refractivity contribution in [2.75, 3.05) is 18.7 Å². The number of unbranched alkanes of at least 4 members (excludes halogenated alkanes) is 7. The van der Waals surface area contributed by atoms with Crippen LogP contribution in [0.25, 0.3) is 0 Å². The first kappa shape index (κ1) is 27.9. The van der Waals surface area contributed by atoms with E-state index in [0.29, 0.717) is 38.0 Å². The SMILES string of the molecule is O=C(CCCCCCCCCCNS(=O)(=O)c1ccc2c(c1)CCC(=O)N2)NCc1ccc2c(c1)OCO2. The second-order valence-corrected chi connectivity index (χ2v) is 11.6. The van der Waals surface area contributed by atoms with Gasteiger partial charge in [-0.15, -0.1) is 0 Å². The highest BCUT2D eigenvalue weighted by Gasteiger charge is 2.19. The molecule has 0 bridgehead atoms. The summed E-state index contributed by atoms with van der Waals surface area (Å²) in [4.78, 5) is 23.8. The summed E-state index contributed by atoms with van der Waals surface area (Å²) in [5, 5.41) is 5.73. The molecule has 0 radical (unpaired) electrons. The third kappa shape index (κ3) is 8.19. The Morgan fingerprint density at radius 2 is 1.61 bits per heavy atom. The van der Waals surface area contributed by atoms with E-state index >= 15 is 0 Å². The Kier molecular flexibility index (Phi) is 10.0. The number of rotatable bonds is 15. The number of ether oxygens (including phenoxy) is 2. The van der Waals surface area contributed by atoms with Crippen LogP contribution in [0.4, 0.5) is 5.69 Å². The number of carbonyl (C=O) groups excluding carboxylic acids is 2. The zero-order valence-corrected chi connectivity index (χ0v) is 22.5. The van der Waals surface area contributed by atoms with Crippen molar-refractivity contribution in [1.82, 2.24) is 10.0 Å². The monoisotopic (exact) mass is 543 g/mol. The molecule has 2 aromatic rings. The van der Waals surface area contributed by atoms with Gasteiger partial charge in [-0.05, 0) is 60.7 Å². The summed E-state index contributed by atoms with van der Waals surface area (Å²) < 4.78 is 38.5. The predicted molar refractivity (Wildman–Crippen MR) is 145 cm³/mol. The van der Waals surface area contributed by atoms with E-state index in [1.165, 1.54) is 6.07 Å². The summed E-state index contributed by atoms with van der Waals surface area (Å²) in [6.07, 6.45) is 9.54. The summed E-state index contributed by atoms with van der Waals surface area (Å²) >= 11 is 0. The maximum absolute atomic E-state index is 12.6. The second kappa shape index (κ2) is 13.6. The van der Waals surface area contributed by atoms with Crippen molar-refractivity contribution >= 4 is 27.5 Å². The number of sulfonamides is 1. The lowest BCUT2D eigenvalue weighted by molar-refractivity contribution is -0.121. The van der Waals surface area contributed by atoms with Gasteiger partial charge in [0.25, 0.3) is 0 Å². The van der Waals surface area contributed by atoms with Gasteiger partial charge in [-0.3, -0.25) is 9.59 Å². The predicted octanol–water partition coefficient (Wildman–Crippen LogP) is 4.41. The van der Waals surface area contributed by atoms with Crippen LogP contribution in [-0.4, -0.2) is 33.6 Å². The quantitative estimate of drug-likeness (QED) is 0.286. The van der Waals surface area contributed by atoms with E-state index in [2.05, 4.69) is 15.4 Å². The molecule has 2 aromatic carbocycles. The minimum absolute atomic E-state index is 0.0384. The van der Waals surface area contributed by atoms with Crippen molar-refractivity contribution in [2.45, 2.75) is 82.1 Å². The van der Waals surface area contributed by atoms with Crippen LogP contribution in [0.3, 0.4) is 0 Å². The van der Waals surface area contributed by atoms with Crippen LogP contribution in [0.1, 0.15) is 75.3 Å². The molecule has 9 nitrogen and oxygen atoms in total. The van der Waals surface area contributed by atoms with E-state index in [1.807, 2.05) is 18.2 Å². The highest BCUT2D eigenvalue weighted by molar-refractivity contribution is 7.89. The van der Waals surface area contributed by atoms with E-state index < -0.39 is 10.0 Å². The molecule has 0 atom stereocenters. The molecule has 206 valence electrons. The number of carbonyl (C=O) groups is 2. The molecule has 0 saturated carbocycles. The van der Waals surface area contributed by atoms with Gasteiger partial charge in [0.05, 0.1) is 4.90 Å². The molecule has 2 heterocycles. The lowest BCUT2D eigenvalue weighted by Crippen LogP contribution is -2.25. The fourth-order valence-electron chi connectivity index (χ4n) is 4.63. The van der Waals surface area contributed by atoms with Crippen molar-refractivity contribution in [2.24, 2.45) is 0 Å². The first-order chi connectivity index (χ1) is 18.4. The molecule has 2 aliphatic rings. The van der Waals surface area contributed by atoms with Gasteiger partial charge < -0.3 is 20.1 Å². The van der Waals surface area contributed by atoms with Gasteiger partial charge in [0.2, 0.25) is 28.6 Å². The molecule has 4 rings (SSSR count). The fourth-order valence-corrected chi connectivity index (χ4v) is 5.75. The van der Waals surface area contributed by atoms with Crippen LogP contribution >= 0.6 is 0 Å². The molecule has 2 amide bonds. The van der Waals surface area contributed by atoms with Crippen LogP contribution in [0.5, 0.6) is 11.5 Å². The summed E-state index contributed by atoms with van der Waals surface area (Å²) in [6, 6.07) is 10.5. The Morgan fingerprint density at radius 1 is 0.868 bits per heavy atom. The van der Waals surface area contributed by atoms with Crippen molar-refractivity contribution in [1.29, 1.82) is 0 Å². The molecule has 0 spiro atoms. The van der Waals surface area contributed by atoms with E-state index in [9.17, 15) is 18.0 Å². The van der Waals surface area contributed by atoms with Gasteiger partial charge in [-0.1, -0.05) is 44.6 Å². The van der Waals surface area contributed by atoms with Crippen molar-refractivity contribution in [3.63, 3.8) is 0 Å². The van der Waals surface area contributed by atoms with Gasteiger partial charge in [0.1, 0.15) is 0 Å². The Morgan fingerprint density at radius 3 is 2.42 bits per heavy atom. The highest BCUT2D eigenvalue weighted by atomic mass is 32.2. The van der Waals surface area contributed by atoms with Crippen molar-refractivity contribution < 1.29 is 27.5 Å². The third-order valence-electron chi connectivity index (χ3n) is 6.83. The number of hydrogen-bond acceptors (Lipinski definition) is 6. The lowest BCUT2D eigenvalue weighted by atomic mass is 10.0. The van der Waals surface area contributed by atoms with Crippen molar-refractivity contribution in [3.8, 4) is 11.5 Å². The van der Waals surface area contributed by atoms with E-state index in [0.717, 1.165) is 74.0 Å². The largest absolute Gasteiger partial charge is 0.454 e. The summed E-state index contributed by atoms with van der Waals surface area (Å²) in [5.74, 6) is 1.49. The van der Waals surface area contributed by atoms with Crippen LogP contribution in [0.15, 0.2) is 41.3 Å². The van der Waals surface area contributed by atoms with E-state index in [-0.39, 0.29) is 23.5 Å². The maximum Gasteiger partial charge on any atom is 0.240 e. The summed E-state index contributed by atoms with van der Waals surface area (Å²) in [6.45, 7) is 1.14. The third-order valence-corrected chi connectivity index (χ3v) is 8.29. The topological polar surface area (TPSA) is 123 Å². The van der Waals surface area contributed by atoms with Gasteiger partial charge in [0, 0.05) is 31.6 Å². The number of anilines is 1. The molecule has 38 heavy (non-hydrogen) atoms. The molecule has 0 aliphatic carbocycles. The van der Waals surface area contributed by atoms with Gasteiger partial charge in [0.15, 0.2) is 11.5 Å². The van der Waals surface area contributed by atoms with Gasteiger partial charge in [-0.2, -0.15) is 0 Å². The number of nitrogens with one attached hydrogen (secondary N) is 3. The Hall–Kier alpha value is -3.11. The first-order valence-corrected chi connectivity index (χ1v) is 15.0. The molecule has 0 saturated heterocycles. The maximum atomic E-state index is 12.6. The molecule has 2 aliphatic heterocycles. The summed E-state index contributed by atoms with van der Waals surface area (Å²) in [5.41, 5.74) is 2.54. The number of benzene rings is 2. The zero-order valence-electron chi connectivity index (χ0n) is 21.7. The number of amides is 2. The number of aryl methyl sites for hydroxylation is 1. The zero-order chi connectivity index (χ0) is 26.8. The summed E-state index contributed by atoms with van der Waals surface area (Å²) in [7, 11) is -3.55. The molecule has 10 heteroatoms. The molecular formula is C28H37N3O6S. The minimum Gasteiger partial charge on any atom is -0.454 e. The normalized spacial score (nSPS) is 14.2. The number of fused-ring (bicyclic) bond motifs is 2. The molecular weight excluding hydrogens is 506 g/mol. The Bertz CT molecular complexity index is 1230. The molecule has 0 unspecified atom stereocenters. The van der Waals surface area contributed by atoms with Crippen LogP contribution in [0.2, 0.25) is 0 Å².